The summed E-state index contributed by atoms with van der Waals surface area (Å²) in [6, 6.07) is 16.5. The van der Waals surface area contributed by atoms with Crippen molar-refractivity contribution in [3.63, 3.8) is 0 Å². The lowest BCUT2D eigenvalue weighted by atomic mass is 9.97. The van der Waals surface area contributed by atoms with Crippen LogP contribution in [0.1, 0.15) is 30.7 Å². The second-order valence-corrected chi connectivity index (χ2v) is 8.56. The van der Waals surface area contributed by atoms with Gasteiger partial charge in [0.15, 0.2) is 0 Å². The van der Waals surface area contributed by atoms with Crippen molar-refractivity contribution >= 4 is 33.7 Å². The van der Waals surface area contributed by atoms with Crippen LogP contribution in [0.5, 0.6) is 0 Å². The fourth-order valence-corrected chi connectivity index (χ4v) is 4.20. The number of aryl methyl sites for hydroxylation is 1. The van der Waals surface area contributed by atoms with Crippen LogP contribution in [0.25, 0.3) is 16.5 Å². The third-order valence-electron chi connectivity index (χ3n) is 6.22. The van der Waals surface area contributed by atoms with E-state index < -0.39 is 0 Å². The predicted molar refractivity (Wildman–Crippen MR) is 147 cm³/mol. The van der Waals surface area contributed by atoms with Crippen molar-refractivity contribution in [2.24, 2.45) is 0 Å². The average Bonchev–Trinajstić information content (AvgIpc) is 2.91. The number of nitrogens with one attached hydrogen (secondary N) is 1. The molecule has 0 spiro atoms. The third-order valence-corrected chi connectivity index (χ3v) is 6.22. The summed E-state index contributed by atoms with van der Waals surface area (Å²) >= 11 is 0. The molecule has 1 N–H and O–H groups in total. The lowest BCUT2D eigenvalue weighted by Gasteiger charge is -2.33. The summed E-state index contributed by atoms with van der Waals surface area (Å²) < 4.78 is 0. The van der Waals surface area contributed by atoms with E-state index >= 15 is 0 Å². The Kier molecular flexibility index (Phi) is 7.73. The monoisotopic (exact) mass is 466 g/mol. The molecular formula is C29H34N6. The van der Waals surface area contributed by atoms with Gasteiger partial charge >= 0.3 is 0 Å². The summed E-state index contributed by atoms with van der Waals surface area (Å²) in [5, 5.41) is 4.61. The number of pyridine rings is 3. The van der Waals surface area contributed by atoms with E-state index in [-0.39, 0.29) is 0 Å². The number of fused-ring (bicyclic) bond motifs is 1. The Labute approximate surface area is 208 Å². The maximum atomic E-state index is 4.64. The SMILES string of the molecule is C=C(c1ccc2ncccc2c1)c1cc(Nc2ccnc(N3CCN(C)CC3)c2)cnc1C.CC. The van der Waals surface area contributed by atoms with Gasteiger partial charge in [-0.2, -0.15) is 0 Å². The highest BCUT2D eigenvalue weighted by molar-refractivity contribution is 5.88. The fraction of sp³-hybridized carbons (Fsp3) is 0.276. The van der Waals surface area contributed by atoms with Gasteiger partial charge in [-0.25, -0.2) is 4.98 Å². The van der Waals surface area contributed by atoms with E-state index in [9.17, 15) is 0 Å². The molecule has 0 atom stereocenters. The van der Waals surface area contributed by atoms with Crippen LogP contribution in [0.4, 0.5) is 17.2 Å². The Morgan fingerprint density at radius 1 is 0.886 bits per heavy atom. The van der Waals surface area contributed by atoms with Gasteiger partial charge in [0.25, 0.3) is 0 Å². The number of likely N-dealkylation sites (N-methyl/N-ethyl adjacent to an activating group) is 1. The molecule has 6 nitrogen and oxygen atoms in total. The second kappa shape index (κ2) is 11.1. The Balaban J connectivity index is 0.00000141. The largest absolute Gasteiger partial charge is 0.354 e. The van der Waals surface area contributed by atoms with Crippen molar-refractivity contribution in [3.8, 4) is 0 Å². The van der Waals surface area contributed by atoms with Gasteiger partial charge in [0.1, 0.15) is 5.82 Å². The van der Waals surface area contributed by atoms with Crippen molar-refractivity contribution in [2.45, 2.75) is 20.8 Å². The van der Waals surface area contributed by atoms with Gasteiger partial charge in [0.2, 0.25) is 0 Å². The molecule has 0 unspecified atom stereocenters. The minimum atomic E-state index is 0.926. The fourth-order valence-electron chi connectivity index (χ4n) is 4.20. The van der Waals surface area contributed by atoms with Gasteiger partial charge in [-0.15, -0.1) is 0 Å². The number of hydrogen-bond donors (Lipinski definition) is 1. The van der Waals surface area contributed by atoms with Gasteiger partial charge in [-0.3, -0.25) is 9.97 Å². The zero-order valence-corrected chi connectivity index (χ0v) is 21.1. The number of hydrogen-bond acceptors (Lipinski definition) is 6. The lowest BCUT2D eigenvalue weighted by molar-refractivity contribution is 0.312. The maximum Gasteiger partial charge on any atom is 0.130 e. The van der Waals surface area contributed by atoms with Gasteiger partial charge in [0, 0.05) is 67.0 Å². The quantitative estimate of drug-likeness (QED) is 0.394. The number of piperazine rings is 1. The first-order chi connectivity index (χ1) is 17.1. The van der Waals surface area contributed by atoms with Crippen LogP contribution in [-0.2, 0) is 0 Å². The Morgan fingerprint density at radius 3 is 2.49 bits per heavy atom. The summed E-state index contributed by atoms with van der Waals surface area (Å²) in [6.07, 6.45) is 5.54. The number of anilines is 3. The molecular weight excluding hydrogens is 432 g/mol. The van der Waals surface area contributed by atoms with E-state index in [4.69, 9.17) is 0 Å². The molecule has 0 aliphatic carbocycles. The molecule has 180 valence electrons. The minimum absolute atomic E-state index is 0.926. The van der Waals surface area contributed by atoms with Crippen molar-refractivity contribution < 1.29 is 0 Å². The van der Waals surface area contributed by atoms with E-state index in [0.29, 0.717) is 0 Å². The molecule has 35 heavy (non-hydrogen) atoms. The number of benzene rings is 1. The highest BCUT2D eigenvalue weighted by atomic mass is 15.3. The lowest BCUT2D eigenvalue weighted by Crippen LogP contribution is -2.44. The summed E-state index contributed by atoms with van der Waals surface area (Å²) in [6.45, 7) is 14.5. The molecule has 0 amide bonds. The summed E-state index contributed by atoms with van der Waals surface area (Å²) in [5.41, 5.74) is 6.89. The first kappa shape index (κ1) is 24.4. The highest BCUT2D eigenvalue weighted by Crippen LogP contribution is 2.29. The molecule has 1 aliphatic heterocycles. The maximum absolute atomic E-state index is 4.64. The van der Waals surface area contributed by atoms with Crippen LogP contribution in [0.15, 0.2) is 73.7 Å². The van der Waals surface area contributed by atoms with Crippen molar-refractivity contribution in [1.82, 2.24) is 19.9 Å². The van der Waals surface area contributed by atoms with Gasteiger partial charge in [-0.1, -0.05) is 32.6 Å². The first-order valence-corrected chi connectivity index (χ1v) is 12.2. The standard InChI is InChI=1S/C27H28N6.C2H6/c1-19(21-6-7-26-22(15-21)5-4-9-28-26)25-16-24(18-30-20(25)2)31-23-8-10-29-27(17-23)33-13-11-32(3)12-14-33;1-2/h4-10,15-18H,1,11-14H2,2-3H3,(H,29,31);1-2H3. The van der Waals surface area contributed by atoms with Gasteiger partial charge < -0.3 is 15.1 Å². The number of rotatable bonds is 5. The molecule has 0 radical (unpaired) electrons. The van der Waals surface area contributed by atoms with Crippen LogP contribution in [-0.4, -0.2) is 53.1 Å². The molecule has 5 rings (SSSR count). The number of aromatic nitrogens is 3. The van der Waals surface area contributed by atoms with E-state index in [0.717, 1.165) is 76.7 Å². The smallest absolute Gasteiger partial charge is 0.130 e. The van der Waals surface area contributed by atoms with E-state index in [2.05, 4.69) is 74.0 Å². The minimum Gasteiger partial charge on any atom is -0.354 e. The first-order valence-electron chi connectivity index (χ1n) is 12.2. The summed E-state index contributed by atoms with van der Waals surface area (Å²) in [7, 11) is 2.16. The molecule has 3 aromatic heterocycles. The molecule has 4 heterocycles. The van der Waals surface area contributed by atoms with E-state index in [1.807, 2.05) is 57.6 Å². The van der Waals surface area contributed by atoms with Crippen LogP contribution in [0.2, 0.25) is 0 Å². The molecule has 1 aromatic carbocycles. The normalized spacial score (nSPS) is 13.8. The third kappa shape index (κ3) is 5.66. The zero-order valence-electron chi connectivity index (χ0n) is 21.1. The Hall–Kier alpha value is -3.77. The zero-order chi connectivity index (χ0) is 24.8. The molecule has 1 saturated heterocycles. The highest BCUT2D eigenvalue weighted by Gasteiger charge is 2.16. The van der Waals surface area contributed by atoms with E-state index in [1.54, 1.807) is 0 Å². The van der Waals surface area contributed by atoms with E-state index in [1.165, 1.54) is 0 Å². The van der Waals surface area contributed by atoms with Crippen LogP contribution < -0.4 is 10.2 Å². The molecule has 4 aromatic rings. The van der Waals surface area contributed by atoms with Crippen LogP contribution >= 0.6 is 0 Å². The van der Waals surface area contributed by atoms with Gasteiger partial charge in [-0.05, 0) is 55.4 Å². The molecule has 6 heteroatoms. The molecule has 0 bridgehead atoms. The molecule has 1 aliphatic rings. The Morgan fingerprint density at radius 2 is 1.69 bits per heavy atom. The number of nitrogens with zero attached hydrogens (tertiary/aromatic N) is 5. The summed E-state index contributed by atoms with van der Waals surface area (Å²) in [5.74, 6) is 1.00. The van der Waals surface area contributed by atoms with Crippen molar-refractivity contribution in [3.05, 3.63) is 90.5 Å². The van der Waals surface area contributed by atoms with Crippen LogP contribution in [0.3, 0.4) is 0 Å². The topological polar surface area (TPSA) is 57.2 Å². The predicted octanol–water partition coefficient (Wildman–Crippen LogP) is 5.92. The van der Waals surface area contributed by atoms with Crippen LogP contribution in [0, 0.1) is 6.92 Å². The van der Waals surface area contributed by atoms with Crippen molar-refractivity contribution in [2.75, 3.05) is 43.4 Å². The average molecular weight is 467 g/mol. The molecule has 0 saturated carbocycles. The van der Waals surface area contributed by atoms with Crippen molar-refractivity contribution in [1.29, 1.82) is 0 Å². The van der Waals surface area contributed by atoms with Gasteiger partial charge in [0.05, 0.1) is 17.4 Å². The Bertz CT molecular complexity index is 1310. The summed E-state index contributed by atoms with van der Waals surface area (Å²) in [4.78, 5) is 18.3. The molecule has 1 fully saturated rings. The second-order valence-electron chi connectivity index (χ2n) is 8.56.